The summed E-state index contributed by atoms with van der Waals surface area (Å²) in [4.78, 5) is 23.9. The van der Waals surface area contributed by atoms with Crippen LogP contribution in [0.1, 0.15) is 34.8 Å². The molecule has 0 aliphatic heterocycles. The maximum Gasteiger partial charge on any atom is 0.338 e. The van der Waals surface area contributed by atoms with Crippen molar-refractivity contribution in [2.24, 2.45) is 0 Å². The van der Waals surface area contributed by atoms with Gasteiger partial charge in [0.1, 0.15) is 18.1 Å². The quantitative estimate of drug-likeness (QED) is 0.532. The Kier molecular flexibility index (Phi) is 6.89. The Bertz CT molecular complexity index is 816. The largest absolute Gasteiger partial charge is 0.494 e. The molecule has 2 aromatic rings. The van der Waals surface area contributed by atoms with Crippen LogP contribution in [0.3, 0.4) is 0 Å². The summed E-state index contributed by atoms with van der Waals surface area (Å²) in [7, 11) is 0. The minimum Gasteiger partial charge on any atom is -0.494 e. The summed E-state index contributed by atoms with van der Waals surface area (Å²) in [5, 5.41) is 2.67. The molecule has 3 rings (SSSR count). The zero-order chi connectivity index (χ0) is 19.8. The highest BCUT2D eigenvalue weighted by Gasteiger charge is 2.15. The predicted molar refractivity (Wildman–Crippen MR) is 105 cm³/mol. The molecule has 0 heterocycles. The van der Waals surface area contributed by atoms with E-state index < -0.39 is 5.97 Å². The van der Waals surface area contributed by atoms with Crippen molar-refractivity contribution in [1.29, 1.82) is 0 Å². The topological polar surface area (TPSA) is 73.9 Å². The molecule has 0 spiro atoms. The van der Waals surface area contributed by atoms with Crippen molar-refractivity contribution in [3.05, 3.63) is 59.2 Å². The van der Waals surface area contributed by atoms with E-state index in [9.17, 15) is 9.59 Å². The first-order valence-electron chi connectivity index (χ1n) is 9.57. The van der Waals surface area contributed by atoms with Crippen LogP contribution in [0.5, 0.6) is 11.5 Å². The molecule has 0 radical (unpaired) electrons. The number of benzene rings is 2. The number of fused-ring (bicyclic) bond motifs is 1. The van der Waals surface area contributed by atoms with Crippen LogP contribution >= 0.6 is 0 Å². The molecule has 0 atom stereocenters. The fourth-order valence-electron chi connectivity index (χ4n) is 3.12. The molecular formula is C22H25NO5. The maximum atomic E-state index is 12.1. The Hall–Kier alpha value is -3.02. The average Bonchev–Trinajstić information content (AvgIpc) is 3.18. The van der Waals surface area contributed by atoms with Gasteiger partial charge in [-0.25, -0.2) is 4.79 Å². The lowest BCUT2D eigenvalue weighted by atomic mass is 10.1. The molecule has 1 aliphatic rings. The molecule has 1 N–H and O–H groups in total. The summed E-state index contributed by atoms with van der Waals surface area (Å²) in [5.41, 5.74) is 2.99. The normalized spacial score (nSPS) is 12.2. The molecule has 0 aromatic heterocycles. The van der Waals surface area contributed by atoms with E-state index in [1.807, 2.05) is 43.3 Å². The Balaban J connectivity index is 1.33. The number of ether oxygens (including phenoxy) is 3. The SMILES string of the molecule is CCOc1ccc(OCCNC(=O)COC(=O)c2ccc3c(c2)CCC3)cc1. The van der Waals surface area contributed by atoms with Gasteiger partial charge in [0.05, 0.1) is 18.7 Å². The van der Waals surface area contributed by atoms with E-state index in [2.05, 4.69) is 5.32 Å². The minimum atomic E-state index is -0.476. The highest BCUT2D eigenvalue weighted by molar-refractivity contribution is 5.91. The third kappa shape index (κ3) is 5.49. The lowest BCUT2D eigenvalue weighted by molar-refractivity contribution is -0.124. The number of nitrogens with one attached hydrogen (secondary N) is 1. The monoisotopic (exact) mass is 383 g/mol. The Labute approximate surface area is 164 Å². The second-order valence-corrected chi connectivity index (χ2v) is 6.52. The summed E-state index contributed by atoms with van der Waals surface area (Å²) >= 11 is 0. The van der Waals surface area contributed by atoms with Crippen LogP contribution in [0.2, 0.25) is 0 Å². The maximum absolute atomic E-state index is 12.1. The zero-order valence-electron chi connectivity index (χ0n) is 16.0. The van der Waals surface area contributed by atoms with Crippen LogP contribution in [0, 0.1) is 0 Å². The first kappa shape index (κ1) is 19.7. The van der Waals surface area contributed by atoms with Gasteiger partial charge < -0.3 is 19.5 Å². The molecular weight excluding hydrogens is 358 g/mol. The van der Waals surface area contributed by atoms with Crippen molar-refractivity contribution >= 4 is 11.9 Å². The minimum absolute atomic E-state index is 0.307. The van der Waals surface area contributed by atoms with E-state index in [1.165, 1.54) is 11.1 Å². The number of carbonyl (C=O) groups is 2. The Morgan fingerprint density at radius 3 is 2.43 bits per heavy atom. The van der Waals surface area contributed by atoms with E-state index in [4.69, 9.17) is 14.2 Å². The number of esters is 1. The van der Waals surface area contributed by atoms with Crippen LogP contribution in [-0.2, 0) is 22.4 Å². The van der Waals surface area contributed by atoms with E-state index in [0.29, 0.717) is 31.1 Å². The summed E-state index contributed by atoms with van der Waals surface area (Å²) in [6.45, 7) is 2.87. The van der Waals surface area contributed by atoms with Crippen LogP contribution in [0.15, 0.2) is 42.5 Å². The van der Waals surface area contributed by atoms with E-state index in [-0.39, 0.29) is 12.5 Å². The highest BCUT2D eigenvalue weighted by Crippen LogP contribution is 2.23. The number of hydrogen-bond donors (Lipinski definition) is 1. The molecule has 0 saturated heterocycles. The number of amides is 1. The summed E-state index contributed by atoms with van der Waals surface area (Å²) in [6, 6.07) is 12.9. The van der Waals surface area contributed by atoms with Gasteiger partial charge in [-0.2, -0.15) is 0 Å². The van der Waals surface area contributed by atoms with Crippen LogP contribution < -0.4 is 14.8 Å². The standard InChI is InChI=1S/C22H25NO5/c1-2-26-19-8-10-20(11-9-19)27-13-12-23-21(24)15-28-22(25)18-7-6-16-4-3-5-17(16)14-18/h6-11,14H,2-5,12-13,15H2,1H3,(H,23,24). The third-order valence-corrected chi connectivity index (χ3v) is 4.50. The van der Waals surface area contributed by atoms with Gasteiger partial charge in [0.25, 0.3) is 5.91 Å². The Morgan fingerprint density at radius 2 is 1.68 bits per heavy atom. The molecule has 0 fully saturated rings. The van der Waals surface area contributed by atoms with Gasteiger partial charge in [-0.15, -0.1) is 0 Å². The van der Waals surface area contributed by atoms with Gasteiger partial charge in [0.2, 0.25) is 0 Å². The first-order valence-corrected chi connectivity index (χ1v) is 9.57. The van der Waals surface area contributed by atoms with Crippen molar-refractivity contribution in [1.82, 2.24) is 5.32 Å². The summed E-state index contributed by atoms with van der Waals surface area (Å²) in [5.74, 6) is 0.648. The Morgan fingerprint density at radius 1 is 0.964 bits per heavy atom. The molecule has 1 aliphatic carbocycles. The van der Waals surface area contributed by atoms with E-state index in [0.717, 1.165) is 25.0 Å². The molecule has 2 aromatic carbocycles. The number of hydrogen-bond acceptors (Lipinski definition) is 5. The van der Waals surface area contributed by atoms with Crippen molar-refractivity contribution < 1.29 is 23.8 Å². The summed E-state index contributed by atoms with van der Waals surface area (Å²) in [6.07, 6.45) is 3.17. The third-order valence-electron chi connectivity index (χ3n) is 4.50. The van der Waals surface area contributed by atoms with Crippen molar-refractivity contribution in [2.45, 2.75) is 26.2 Å². The van der Waals surface area contributed by atoms with Gasteiger partial charge in [-0.1, -0.05) is 6.07 Å². The first-order chi connectivity index (χ1) is 13.7. The lowest BCUT2D eigenvalue weighted by Crippen LogP contribution is -2.32. The molecule has 28 heavy (non-hydrogen) atoms. The molecule has 0 unspecified atom stereocenters. The fourth-order valence-corrected chi connectivity index (χ4v) is 3.12. The second-order valence-electron chi connectivity index (χ2n) is 6.52. The molecule has 0 saturated carbocycles. The van der Waals surface area contributed by atoms with Crippen molar-refractivity contribution in [3.8, 4) is 11.5 Å². The summed E-state index contributed by atoms with van der Waals surface area (Å²) < 4.78 is 16.0. The van der Waals surface area contributed by atoms with Gasteiger partial charge in [0, 0.05) is 0 Å². The molecule has 6 heteroatoms. The number of carbonyl (C=O) groups excluding carboxylic acids is 2. The van der Waals surface area contributed by atoms with E-state index in [1.54, 1.807) is 6.07 Å². The highest BCUT2D eigenvalue weighted by atomic mass is 16.5. The van der Waals surface area contributed by atoms with Crippen LogP contribution in [-0.4, -0.2) is 38.2 Å². The average molecular weight is 383 g/mol. The second kappa shape index (κ2) is 9.78. The number of rotatable bonds is 9. The van der Waals surface area contributed by atoms with Gasteiger partial charge in [0.15, 0.2) is 6.61 Å². The smallest absolute Gasteiger partial charge is 0.338 e. The molecule has 1 amide bonds. The van der Waals surface area contributed by atoms with Gasteiger partial charge in [-0.05, 0) is 73.7 Å². The number of aryl methyl sites for hydroxylation is 2. The van der Waals surface area contributed by atoms with E-state index >= 15 is 0 Å². The van der Waals surface area contributed by atoms with Crippen molar-refractivity contribution in [3.63, 3.8) is 0 Å². The fraction of sp³-hybridized carbons (Fsp3) is 0.364. The molecule has 148 valence electrons. The lowest BCUT2D eigenvalue weighted by Gasteiger charge is -2.09. The van der Waals surface area contributed by atoms with Crippen molar-refractivity contribution in [2.75, 3.05) is 26.4 Å². The molecule has 6 nitrogen and oxygen atoms in total. The predicted octanol–water partition coefficient (Wildman–Crippen LogP) is 2.93. The van der Waals surface area contributed by atoms with Crippen LogP contribution in [0.4, 0.5) is 0 Å². The van der Waals surface area contributed by atoms with Gasteiger partial charge >= 0.3 is 5.97 Å². The molecule has 0 bridgehead atoms. The van der Waals surface area contributed by atoms with Gasteiger partial charge in [-0.3, -0.25) is 4.79 Å². The van der Waals surface area contributed by atoms with Crippen LogP contribution in [0.25, 0.3) is 0 Å². The zero-order valence-corrected chi connectivity index (χ0v) is 16.0.